The second-order valence-electron chi connectivity index (χ2n) is 6.03. The first-order valence-corrected chi connectivity index (χ1v) is 8.59. The predicted octanol–water partition coefficient (Wildman–Crippen LogP) is 1.46. The number of likely N-dealkylation sites (N-methyl/N-ethyl adjacent to an activating group) is 1. The summed E-state index contributed by atoms with van der Waals surface area (Å²) in [6.07, 6.45) is 3.41. The normalized spacial score (nSPS) is 16.0. The van der Waals surface area contributed by atoms with E-state index in [-0.39, 0.29) is 0 Å². The van der Waals surface area contributed by atoms with Gasteiger partial charge in [0, 0.05) is 0 Å². The van der Waals surface area contributed by atoms with Crippen molar-refractivity contribution in [3.63, 3.8) is 0 Å². The molecule has 0 unspecified atom stereocenters. The number of anilines is 1. The molecule has 1 aliphatic rings. The lowest BCUT2D eigenvalue weighted by atomic mass is 10.3. The Morgan fingerprint density at radius 2 is 1.88 bits per heavy atom. The first-order chi connectivity index (χ1) is 11.6. The van der Waals surface area contributed by atoms with Crippen LogP contribution in [-0.4, -0.2) is 53.0 Å². The van der Waals surface area contributed by atoms with Gasteiger partial charge in [0.2, 0.25) is 0 Å². The van der Waals surface area contributed by atoms with Gasteiger partial charge in [-0.2, -0.15) is 5.10 Å². The number of piperazine rings is 1. The van der Waals surface area contributed by atoms with E-state index in [4.69, 9.17) is 23.2 Å². The molecule has 2 aromatic heterocycles. The summed E-state index contributed by atoms with van der Waals surface area (Å²) in [6, 6.07) is 5.43. The molecule has 3 heterocycles. The summed E-state index contributed by atoms with van der Waals surface area (Å²) in [5.41, 5.74) is 1.59. The highest BCUT2D eigenvalue weighted by molar-refractivity contribution is 6.42. The Balaban J connectivity index is 1.77. The van der Waals surface area contributed by atoms with E-state index in [1.807, 2.05) is 12.3 Å². The fraction of sp³-hybridized carbons (Fsp3) is 0.312. The van der Waals surface area contributed by atoms with Gasteiger partial charge in [0.15, 0.2) is 5.65 Å². The Kier molecular flexibility index (Phi) is 4.04. The van der Waals surface area contributed by atoms with Crippen molar-refractivity contribution in [3.05, 3.63) is 40.8 Å². The standard InChI is InChI=1S/C16H16Cl2N6/c1-22-4-6-23(7-5-22)15-12-9-21-24(16(12)20-10-19-15)11-2-3-13(17)14(18)8-11/h2-3,8-10H,4-7H2,1H3/p+1. The van der Waals surface area contributed by atoms with Gasteiger partial charge >= 0.3 is 0 Å². The summed E-state index contributed by atoms with van der Waals surface area (Å²) < 4.78 is 1.77. The molecule has 1 aliphatic heterocycles. The predicted molar refractivity (Wildman–Crippen MR) is 95.5 cm³/mol. The average molecular weight is 364 g/mol. The van der Waals surface area contributed by atoms with E-state index in [0.717, 1.165) is 48.7 Å². The Bertz CT molecular complexity index is 885. The number of halogens is 2. The number of nitrogens with zero attached hydrogens (tertiary/aromatic N) is 5. The number of quaternary nitrogens is 1. The Hall–Kier alpha value is -1.89. The second kappa shape index (κ2) is 6.20. The zero-order valence-corrected chi connectivity index (χ0v) is 14.7. The van der Waals surface area contributed by atoms with E-state index in [9.17, 15) is 0 Å². The van der Waals surface area contributed by atoms with Crippen LogP contribution in [0, 0.1) is 0 Å². The van der Waals surface area contributed by atoms with Crippen molar-refractivity contribution in [1.82, 2.24) is 19.7 Å². The second-order valence-corrected chi connectivity index (χ2v) is 6.85. The molecule has 0 bridgehead atoms. The van der Waals surface area contributed by atoms with Crippen LogP contribution in [0.25, 0.3) is 16.7 Å². The fourth-order valence-corrected chi connectivity index (χ4v) is 3.28. The largest absolute Gasteiger partial charge is 0.345 e. The zero-order valence-electron chi connectivity index (χ0n) is 13.2. The number of hydrogen-bond donors (Lipinski definition) is 1. The van der Waals surface area contributed by atoms with Gasteiger partial charge in [-0.15, -0.1) is 0 Å². The highest BCUT2D eigenvalue weighted by atomic mass is 35.5. The highest BCUT2D eigenvalue weighted by Gasteiger charge is 2.21. The van der Waals surface area contributed by atoms with E-state index in [2.05, 4.69) is 27.0 Å². The number of benzene rings is 1. The van der Waals surface area contributed by atoms with Gasteiger partial charge in [0.05, 0.1) is 60.5 Å². The van der Waals surface area contributed by atoms with E-state index >= 15 is 0 Å². The van der Waals surface area contributed by atoms with Gasteiger partial charge in [-0.25, -0.2) is 14.6 Å². The summed E-state index contributed by atoms with van der Waals surface area (Å²) in [7, 11) is 2.22. The van der Waals surface area contributed by atoms with Crippen molar-refractivity contribution < 1.29 is 4.90 Å². The van der Waals surface area contributed by atoms with E-state index in [0.29, 0.717) is 10.0 Å². The lowest BCUT2D eigenvalue weighted by molar-refractivity contribution is -0.880. The van der Waals surface area contributed by atoms with Crippen molar-refractivity contribution >= 4 is 40.1 Å². The minimum absolute atomic E-state index is 0.495. The monoisotopic (exact) mass is 363 g/mol. The average Bonchev–Trinajstić information content (AvgIpc) is 3.02. The molecule has 1 N–H and O–H groups in total. The molecule has 1 saturated heterocycles. The van der Waals surface area contributed by atoms with Crippen LogP contribution in [0.5, 0.6) is 0 Å². The molecule has 0 atom stereocenters. The third kappa shape index (κ3) is 2.70. The lowest BCUT2D eigenvalue weighted by Crippen LogP contribution is -3.12. The van der Waals surface area contributed by atoms with E-state index in [1.165, 1.54) is 0 Å². The van der Waals surface area contributed by atoms with Crippen LogP contribution >= 0.6 is 23.2 Å². The first kappa shape index (κ1) is 15.6. The molecule has 1 aromatic carbocycles. The molecular formula is C16H17Cl2N6+. The quantitative estimate of drug-likeness (QED) is 0.748. The smallest absolute Gasteiger partial charge is 0.168 e. The van der Waals surface area contributed by atoms with Crippen LogP contribution in [0.4, 0.5) is 5.82 Å². The van der Waals surface area contributed by atoms with Crippen LogP contribution in [0.15, 0.2) is 30.7 Å². The third-order valence-electron chi connectivity index (χ3n) is 4.41. The van der Waals surface area contributed by atoms with Crippen molar-refractivity contribution in [2.75, 3.05) is 38.1 Å². The van der Waals surface area contributed by atoms with Crippen LogP contribution < -0.4 is 9.80 Å². The third-order valence-corrected chi connectivity index (χ3v) is 5.15. The molecule has 0 saturated carbocycles. The first-order valence-electron chi connectivity index (χ1n) is 7.84. The van der Waals surface area contributed by atoms with Gasteiger partial charge in [-0.3, -0.25) is 0 Å². The van der Waals surface area contributed by atoms with Gasteiger partial charge in [-0.05, 0) is 18.2 Å². The van der Waals surface area contributed by atoms with Crippen LogP contribution in [-0.2, 0) is 0 Å². The van der Waals surface area contributed by atoms with Gasteiger partial charge in [0.25, 0.3) is 0 Å². The SMILES string of the molecule is C[NH+]1CCN(c2ncnc3c2cnn3-c2ccc(Cl)c(Cl)c2)CC1. The number of nitrogens with one attached hydrogen (secondary N) is 1. The summed E-state index contributed by atoms with van der Waals surface area (Å²) >= 11 is 12.1. The Labute approximate surface area is 149 Å². The number of hydrogen-bond acceptors (Lipinski definition) is 4. The molecule has 0 aliphatic carbocycles. The molecule has 3 aromatic rings. The Morgan fingerprint density at radius 1 is 1.08 bits per heavy atom. The van der Waals surface area contributed by atoms with Crippen LogP contribution in [0.3, 0.4) is 0 Å². The summed E-state index contributed by atoms with van der Waals surface area (Å²) in [5, 5.41) is 6.45. The molecule has 0 amide bonds. The molecule has 0 radical (unpaired) electrons. The van der Waals surface area contributed by atoms with E-state index in [1.54, 1.807) is 28.0 Å². The fourth-order valence-electron chi connectivity index (χ4n) is 2.99. The molecule has 124 valence electrons. The van der Waals surface area contributed by atoms with Crippen LogP contribution in [0.2, 0.25) is 10.0 Å². The minimum atomic E-state index is 0.495. The number of rotatable bonds is 2. The topological polar surface area (TPSA) is 51.3 Å². The van der Waals surface area contributed by atoms with Crippen LogP contribution in [0.1, 0.15) is 0 Å². The maximum Gasteiger partial charge on any atom is 0.168 e. The van der Waals surface area contributed by atoms with Crippen molar-refractivity contribution in [1.29, 1.82) is 0 Å². The minimum Gasteiger partial charge on any atom is -0.345 e. The zero-order chi connectivity index (χ0) is 16.7. The maximum atomic E-state index is 6.13. The maximum absolute atomic E-state index is 6.13. The van der Waals surface area contributed by atoms with E-state index < -0.39 is 0 Å². The molecule has 6 nitrogen and oxygen atoms in total. The van der Waals surface area contributed by atoms with Gasteiger partial charge in [-0.1, -0.05) is 23.2 Å². The lowest BCUT2D eigenvalue weighted by Gasteiger charge is -2.30. The van der Waals surface area contributed by atoms with Gasteiger partial charge < -0.3 is 9.80 Å². The molecular weight excluding hydrogens is 347 g/mol. The molecule has 4 rings (SSSR count). The summed E-state index contributed by atoms with van der Waals surface area (Å²) in [5.74, 6) is 0.943. The van der Waals surface area contributed by atoms with Crippen molar-refractivity contribution in [2.45, 2.75) is 0 Å². The molecule has 24 heavy (non-hydrogen) atoms. The molecule has 1 fully saturated rings. The van der Waals surface area contributed by atoms with Crippen molar-refractivity contribution in [3.8, 4) is 5.69 Å². The number of fused-ring (bicyclic) bond motifs is 1. The molecule has 8 heteroatoms. The number of aromatic nitrogens is 4. The molecule has 0 spiro atoms. The highest BCUT2D eigenvalue weighted by Crippen LogP contribution is 2.28. The Morgan fingerprint density at radius 3 is 2.62 bits per heavy atom. The summed E-state index contributed by atoms with van der Waals surface area (Å²) in [4.78, 5) is 12.8. The van der Waals surface area contributed by atoms with Gasteiger partial charge in [0.1, 0.15) is 12.1 Å². The summed E-state index contributed by atoms with van der Waals surface area (Å²) in [6.45, 7) is 4.17. The van der Waals surface area contributed by atoms with Crippen molar-refractivity contribution in [2.24, 2.45) is 0 Å².